The first kappa shape index (κ1) is 11.2. The van der Waals surface area contributed by atoms with Crippen LogP contribution in [0.15, 0.2) is 22.8 Å². The van der Waals surface area contributed by atoms with E-state index in [1.807, 2.05) is 0 Å². The molecular weight excluding hydrogens is 284 g/mol. The van der Waals surface area contributed by atoms with Gasteiger partial charge in [-0.1, -0.05) is 0 Å². The number of hydrogen-bond acceptors (Lipinski definition) is 3. The molecule has 3 rings (SSSR count). The molecule has 0 atom stereocenters. The summed E-state index contributed by atoms with van der Waals surface area (Å²) in [6, 6.07) is 3.57. The van der Waals surface area contributed by atoms with Gasteiger partial charge in [0.1, 0.15) is 11.3 Å². The molecule has 1 aromatic heterocycles. The van der Waals surface area contributed by atoms with Crippen LogP contribution in [-0.4, -0.2) is 39.6 Å². The predicted molar refractivity (Wildman–Crippen MR) is 65.5 cm³/mol. The summed E-state index contributed by atoms with van der Waals surface area (Å²) >= 11 is 3.32. The van der Waals surface area contributed by atoms with Gasteiger partial charge in [0.2, 0.25) is 0 Å². The molecule has 4 nitrogen and oxygen atoms in total. The Bertz CT molecular complexity index is 467. The van der Waals surface area contributed by atoms with Crippen LogP contribution in [0.4, 0.5) is 0 Å². The van der Waals surface area contributed by atoms with E-state index in [0.717, 1.165) is 12.8 Å². The van der Waals surface area contributed by atoms with Crippen LogP contribution < -0.4 is 0 Å². The number of halogens is 1. The van der Waals surface area contributed by atoms with Crippen LogP contribution in [-0.2, 0) is 0 Å². The summed E-state index contributed by atoms with van der Waals surface area (Å²) in [7, 11) is 0. The van der Waals surface area contributed by atoms with E-state index in [9.17, 15) is 9.90 Å². The van der Waals surface area contributed by atoms with Crippen LogP contribution >= 0.6 is 15.9 Å². The van der Waals surface area contributed by atoms with E-state index in [2.05, 4.69) is 20.9 Å². The third kappa shape index (κ3) is 1.87. The fraction of sp³-hybridized carbons (Fsp3) is 0.500. The number of aliphatic hydroxyl groups is 1. The zero-order valence-corrected chi connectivity index (χ0v) is 10.9. The number of carbonyl (C=O) groups is 1. The highest BCUT2D eigenvalue weighted by Gasteiger charge is 2.53. The van der Waals surface area contributed by atoms with Gasteiger partial charge in [-0.15, -0.1) is 0 Å². The second-order valence-electron chi connectivity index (χ2n) is 4.87. The average molecular weight is 297 g/mol. The molecule has 2 aliphatic rings. The number of nitrogens with zero attached hydrogens (tertiary/aromatic N) is 2. The van der Waals surface area contributed by atoms with E-state index in [1.54, 1.807) is 23.2 Å². The molecule has 5 heteroatoms. The lowest BCUT2D eigenvalue weighted by Gasteiger charge is -2.46. The van der Waals surface area contributed by atoms with Crippen molar-refractivity contribution in [2.24, 2.45) is 5.92 Å². The van der Waals surface area contributed by atoms with E-state index in [4.69, 9.17) is 0 Å². The summed E-state index contributed by atoms with van der Waals surface area (Å²) in [4.78, 5) is 17.8. The van der Waals surface area contributed by atoms with Gasteiger partial charge in [0, 0.05) is 10.7 Å². The number of hydrogen-bond donors (Lipinski definition) is 1. The van der Waals surface area contributed by atoms with Crippen molar-refractivity contribution in [3.05, 3.63) is 28.5 Å². The van der Waals surface area contributed by atoms with Gasteiger partial charge >= 0.3 is 0 Å². The number of amides is 1. The highest BCUT2D eigenvalue weighted by Crippen LogP contribution is 2.44. The van der Waals surface area contributed by atoms with Crippen molar-refractivity contribution in [3.63, 3.8) is 0 Å². The monoisotopic (exact) mass is 296 g/mol. The Labute approximate surface area is 108 Å². The van der Waals surface area contributed by atoms with Gasteiger partial charge in [-0.05, 0) is 46.8 Å². The molecule has 90 valence electrons. The maximum Gasteiger partial charge on any atom is 0.273 e. The molecule has 0 unspecified atom stereocenters. The molecule has 1 aromatic rings. The number of β-amino-alcohol motifs (C(OH)–C–C–N with tert-alkyl or cyclic N) is 1. The Morgan fingerprint density at radius 3 is 2.82 bits per heavy atom. The van der Waals surface area contributed by atoms with Crippen LogP contribution in [0.3, 0.4) is 0 Å². The molecule has 1 aliphatic carbocycles. The number of carbonyl (C=O) groups excluding carboxylic acids is 1. The van der Waals surface area contributed by atoms with E-state index in [-0.39, 0.29) is 5.91 Å². The van der Waals surface area contributed by atoms with Crippen molar-refractivity contribution >= 4 is 21.8 Å². The van der Waals surface area contributed by atoms with Crippen LogP contribution in [0.5, 0.6) is 0 Å². The molecule has 0 spiro atoms. The van der Waals surface area contributed by atoms with Crippen LogP contribution in [0.2, 0.25) is 0 Å². The third-order valence-electron chi connectivity index (χ3n) is 3.51. The van der Waals surface area contributed by atoms with Crippen molar-refractivity contribution in [2.75, 3.05) is 13.1 Å². The molecule has 1 amide bonds. The minimum absolute atomic E-state index is 0.109. The topological polar surface area (TPSA) is 53.4 Å². The fourth-order valence-corrected chi connectivity index (χ4v) is 2.75. The zero-order chi connectivity index (χ0) is 12.0. The summed E-state index contributed by atoms with van der Waals surface area (Å²) in [5, 5.41) is 10.2. The lowest BCUT2D eigenvalue weighted by Crippen LogP contribution is -2.64. The third-order valence-corrected chi connectivity index (χ3v) is 4.15. The second-order valence-corrected chi connectivity index (χ2v) is 5.73. The largest absolute Gasteiger partial charge is 0.386 e. The molecule has 1 saturated carbocycles. The van der Waals surface area contributed by atoms with Crippen LogP contribution in [0.1, 0.15) is 23.3 Å². The first-order valence-electron chi connectivity index (χ1n) is 5.72. The first-order valence-corrected chi connectivity index (χ1v) is 6.52. The quantitative estimate of drug-likeness (QED) is 0.898. The molecule has 2 heterocycles. The van der Waals surface area contributed by atoms with E-state index < -0.39 is 5.60 Å². The van der Waals surface area contributed by atoms with Gasteiger partial charge in [-0.3, -0.25) is 4.79 Å². The molecule has 0 bridgehead atoms. The van der Waals surface area contributed by atoms with Crippen LogP contribution in [0.25, 0.3) is 0 Å². The molecule has 2 fully saturated rings. The molecular formula is C12H13BrN2O2. The van der Waals surface area contributed by atoms with Gasteiger partial charge in [0.05, 0.1) is 13.1 Å². The standard InChI is InChI=1S/C12H13BrN2O2/c13-9-2-1-5-14-10(9)11(16)15-6-12(17,7-15)8-3-4-8/h1-2,5,8,17H,3-4,6-7H2. The minimum Gasteiger partial charge on any atom is -0.386 e. The van der Waals surface area contributed by atoms with Crippen molar-refractivity contribution in [3.8, 4) is 0 Å². The Morgan fingerprint density at radius 1 is 1.53 bits per heavy atom. The van der Waals surface area contributed by atoms with Gasteiger partial charge < -0.3 is 10.0 Å². The maximum atomic E-state index is 12.1. The number of aromatic nitrogens is 1. The van der Waals surface area contributed by atoms with Gasteiger partial charge in [-0.25, -0.2) is 4.98 Å². The molecule has 1 saturated heterocycles. The molecule has 1 aliphatic heterocycles. The fourth-order valence-electron chi connectivity index (χ4n) is 2.33. The Kier molecular flexibility index (Phi) is 2.48. The Hall–Kier alpha value is -0.940. The van der Waals surface area contributed by atoms with Crippen LogP contribution in [0, 0.1) is 5.92 Å². The molecule has 0 aromatic carbocycles. The smallest absolute Gasteiger partial charge is 0.273 e. The van der Waals surface area contributed by atoms with Gasteiger partial charge in [0.25, 0.3) is 5.91 Å². The Morgan fingerprint density at radius 2 is 2.24 bits per heavy atom. The average Bonchev–Trinajstić information content (AvgIpc) is 3.08. The van der Waals surface area contributed by atoms with Crippen molar-refractivity contribution in [1.82, 2.24) is 9.88 Å². The first-order chi connectivity index (χ1) is 8.10. The molecule has 0 radical (unpaired) electrons. The minimum atomic E-state index is -0.628. The van der Waals surface area contributed by atoms with Crippen molar-refractivity contribution in [1.29, 1.82) is 0 Å². The van der Waals surface area contributed by atoms with E-state index >= 15 is 0 Å². The second kappa shape index (κ2) is 3.78. The van der Waals surface area contributed by atoms with E-state index in [0.29, 0.717) is 29.2 Å². The molecule has 17 heavy (non-hydrogen) atoms. The van der Waals surface area contributed by atoms with Crippen molar-refractivity contribution in [2.45, 2.75) is 18.4 Å². The summed E-state index contributed by atoms with van der Waals surface area (Å²) in [5.41, 5.74) is -0.206. The Balaban J connectivity index is 1.71. The normalized spacial score (nSPS) is 22.1. The SMILES string of the molecule is O=C(c1ncccc1Br)N1CC(O)(C2CC2)C1. The van der Waals surface area contributed by atoms with Gasteiger partial charge in [0.15, 0.2) is 0 Å². The summed E-state index contributed by atoms with van der Waals surface area (Å²) in [6.07, 6.45) is 3.78. The number of likely N-dealkylation sites (tertiary alicyclic amines) is 1. The van der Waals surface area contributed by atoms with Crippen molar-refractivity contribution < 1.29 is 9.90 Å². The predicted octanol–water partition coefficient (Wildman–Crippen LogP) is 1.44. The lowest BCUT2D eigenvalue weighted by atomic mass is 9.88. The highest BCUT2D eigenvalue weighted by atomic mass is 79.9. The molecule has 1 N–H and O–H groups in total. The summed E-state index contributed by atoms with van der Waals surface area (Å²) in [6.45, 7) is 0.888. The lowest BCUT2D eigenvalue weighted by molar-refractivity contribution is -0.0959. The summed E-state index contributed by atoms with van der Waals surface area (Å²) in [5.74, 6) is 0.293. The summed E-state index contributed by atoms with van der Waals surface area (Å²) < 4.78 is 0.701. The van der Waals surface area contributed by atoms with Gasteiger partial charge in [-0.2, -0.15) is 0 Å². The maximum absolute atomic E-state index is 12.1. The highest BCUT2D eigenvalue weighted by molar-refractivity contribution is 9.10. The number of rotatable bonds is 2. The number of pyridine rings is 1. The zero-order valence-electron chi connectivity index (χ0n) is 9.27. The van der Waals surface area contributed by atoms with E-state index in [1.165, 1.54) is 0 Å².